The molecule has 0 unspecified atom stereocenters. The molecule has 19 aromatic carbocycles. The molecule has 1 aliphatic carbocycles. The molecule has 0 aliphatic heterocycles. The van der Waals surface area contributed by atoms with Crippen LogP contribution in [0.3, 0.4) is 0 Å². The predicted molar refractivity (Wildman–Crippen MR) is 583 cm³/mol. The first-order chi connectivity index (χ1) is 71.1. The number of para-hydroxylation sites is 4. The zero-order valence-electron chi connectivity index (χ0n) is 78.3. The fourth-order valence-electron chi connectivity index (χ4n) is 20.6. The summed E-state index contributed by atoms with van der Waals surface area (Å²) in [6, 6.07) is 166. The van der Waals surface area contributed by atoms with Gasteiger partial charge in [0.1, 0.15) is 0 Å². The molecule has 0 bridgehead atoms. The minimum absolute atomic E-state index is 0.158. The molecule has 1 aliphatic rings. The predicted octanol–water partition coefficient (Wildman–Crippen LogP) is 31.0. The van der Waals surface area contributed by atoms with E-state index in [1.165, 1.54) is 38.4 Å². The second-order valence-electron chi connectivity index (χ2n) is 36.6. The van der Waals surface area contributed by atoms with Crippen molar-refractivity contribution in [3.63, 3.8) is 0 Å². The molecule has 144 heavy (non-hydrogen) atoms. The Hall–Kier alpha value is -19.4. The SMILES string of the molecule is CC1(C)c2ccccc2-c2cc3c(cc21)c1ccccc1n3-c1ccc(-c2nc(-c3ccccc3)nc(-c3ccc(-c4ccccc4)cc3)n2)cc1-c1nc(-c2ccccc2)nc(-c2ccccc2)n1.c1ccc(-c2nc(-c3ccccc3)nc(-c3ccc(-n4c5ccccc5c5cc6c(cc54)c4ccccc4n6-c4ccccc4)c(-c4nc(-c5ccccc5)nc(-c5ccccc5-c5ccccc5)n4)c3)n2)cc1. The van der Waals surface area contributed by atoms with Crippen LogP contribution in [0, 0.1) is 0 Å². The van der Waals surface area contributed by atoms with Crippen molar-refractivity contribution >= 4 is 65.4 Å². The second-order valence-corrected chi connectivity index (χ2v) is 36.6. The zero-order valence-corrected chi connectivity index (χ0v) is 78.3. The van der Waals surface area contributed by atoms with Crippen LogP contribution in [0.2, 0.25) is 0 Å². The molecule has 0 saturated carbocycles. The molecule has 15 nitrogen and oxygen atoms in total. The number of aromatic nitrogens is 15. The average Bonchev–Trinajstić information content (AvgIpc) is 1.55. The van der Waals surface area contributed by atoms with Gasteiger partial charge in [0.25, 0.3) is 0 Å². The summed E-state index contributed by atoms with van der Waals surface area (Å²) < 4.78 is 7.14. The normalized spacial score (nSPS) is 12.0. The van der Waals surface area contributed by atoms with Gasteiger partial charge in [-0.25, -0.2) is 59.8 Å². The molecule has 0 atom stereocenters. The van der Waals surface area contributed by atoms with E-state index < -0.39 is 0 Å². The average molecular weight is 1850 g/mol. The zero-order chi connectivity index (χ0) is 95.7. The topological polar surface area (TPSA) is 169 Å². The van der Waals surface area contributed by atoms with Crippen molar-refractivity contribution in [1.29, 1.82) is 0 Å². The van der Waals surface area contributed by atoms with Gasteiger partial charge in [0, 0.05) is 110 Å². The van der Waals surface area contributed by atoms with Crippen LogP contribution in [0.15, 0.2) is 479 Å². The Morgan fingerprint density at radius 3 is 0.806 bits per heavy atom. The third-order valence-electron chi connectivity index (χ3n) is 27.6. The number of benzene rings is 19. The van der Waals surface area contributed by atoms with E-state index in [9.17, 15) is 0 Å². The van der Waals surface area contributed by atoms with Crippen LogP contribution in [-0.4, -0.2) is 73.5 Å². The van der Waals surface area contributed by atoms with E-state index in [2.05, 4.69) is 319 Å². The largest absolute Gasteiger partial charge is 0.309 e. The van der Waals surface area contributed by atoms with Crippen molar-refractivity contribution in [2.75, 3.05) is 0 Å². The quantitative estimate of drug-likeness (QED) is 0.0847. The number of rotatable bonds is 17. The van der Waals surface area contributed by atoms with Gasteiger partial charge in [-0.05, 0) is 136 Å². The molecule has 0 amide bonds. The highest BCUT2D eigenvalue weighted by Crippen LogP contribution is 2.53. The molecular weight excluding hydrogens is 1760 g/mol. The van der Waals surface area contributed by atoms with E-state index in [0.29, 0.717) is 69.9 Å². The summed E-state index contributed by atoms with van der Waals surface area (Å²) in [5, 5.41) is 6.92. The highest BCUT2D eigenvalue weighted by molar-refractivity contribution is 6.20. The van der Waals surface area contributed by atoms with Gasteiger partial charge in [-0.3, -0.25) is 0 Å². The number of hydrogen-bond donors (Lipinski definition) is 0. The lowest BCUT2D eigenvalue weighted by Gasteiger charge is -2.21. The lowest BCUT2D eigenvalue weighted by Crippen LogP contribution is -2.14. The molecule has 676 valence electrons. The molecule has 0 radical (unpaired) electrons. The third kappa shape index (κ3) is 15.4. The summed E-state index contributed by atoms with van der Waals surface area (Å²) in [4.78, 5) is 63.0. The molecular formula is C129H85N15. The van der Waals surface area contributed by atoms with E-state index >= 15 is 0 Å². The van der Waals surface area contributed by atoms with Crippen molar-refractivity contribution in [2.45, 2.75) is 19.3 Å². The van der Waals surface area contributed by atoms with Gasteiger partial charge < -0.3 is 13.7 Å². The summed E-state index contributed by atoms with van der Waals surface area (Å²) in [5.41, 5.74) is 29.1. The molecule has 0 saturated heterocycles. The summed E-state index contributed by atoms with van der Waals surface area (Å²) in [6.07, 6.45) is 0. The number of fused-ring (bicyclic) bond motifs is 12. The van der Waals surface area contributed by atoms with E-state index in [1.54, 1.807) is 0 Å². The van der Waals surface area contributed by atoms with Crippen molar-refractivity contribution in [3.8, 4) is 187 Å². The Balaban J connectivity index is 0.000000147. The van der Waals surface area contributed by atoms with Gasteiger partial charge in [0.05, 0.1) is 44.5 Å². The fourth-order valence-corrected chi connectivity index (χ4v) is 20.6. The van der Waals surface area contributed by atoms with Crippen molar-refractivity contribution in [3.05, 3.63) is 490 Å². The minimum Gasteiger partial charge on any atom is -0.309 e. The highest BCUT2D eigenvalue weighted by atomic mass is 15.1. The van der Waals surface area contributed by atoms with Gasteiger partial charge in [0.15, 0.2) is 69.9 Å². The van der Waals surface area contributed by atoms with Gasteiger partial charge in [-0.1, -0.05) is 402 Å². The molecule has 15 heteroatoms. The minimum atomic E-state index is -0.158. The lowest BCUT2D eigenvalue weighted by molar-refractivity contribution is 0.661. The Labute approximate surface area is 830 Å². The summed E-state index contributed by atoms with van der Waals surface area (Å²) in [7, 11) is 0. The molecule has 26 aromatic rings. The van der Waals surface area contributed by atoms with Crippen LogP contribution >= 0.6 is 0 Å². The highest BCUT2D eigenvalue weighted by Gasteiger charge is 2.37. The first-order valence-corrected chi connectivity index (χ1v) is 48.3. The van der Waals surface area contributed by atoms with Crippen LogP contribution in [0.1, 0.15) is 25.0 Å². The van der Waals surface area contributed by atoms with E-state index in [4.69, 9.17) is 59.8 Å². The fraction of sp³-hybridized carbons (Fsp3) is 0.0233. The Morgan fingerprint density at radius 1 is 0.146 bits per heavy atom. The second kappa shape index (κ2) is 35.9. The monoisotopic (exact) mass is 1840 g/mol. The van der Waals surface area contributed by atoms with E-state index in [0.717, 1.165) is 155 Å². The molecule has 0 spiro atoms. The summed E-state index contributed by atoms with van der Waals surface area (Å²) in [5.74, 6) is 6.65. The van der Waals surface area contributed by atoms with E-state index in [1.807, 2.05) is 188 Å². The maximum Gasteiger partial charge on any atom is 0.166 e. The first-order valence-electron chi connectivity index (χ1n) is 48.3. The van der Waals surface area contributed by atoms with E-state index in [-0.39, 0.29) is 5.41 Å². The van der Waals surface area contributed by atoms with Crippen LogP contribution in [0.4, 0.5) is 0 Å². The third-order valence-corrected chi connectivity index (χ3v) is 27.6. The molecule has 27 rings (SSSR count). The molecule has 0 N–H and O–H groups in total. The maximum atomic E-state index is 5.52. The van der Waals surface area contributed by atoms with Crippen LogP contribution in [0.5, 0.6) is 0 Å². The lowest BCUT2D eigenvalue weighted by atomic mass is 9.82. The van der Waals surface area contributed by atoms with Crippen molar-refractivity contribution in [1.82, 2.24) is 73.5 Å². The first kappa shape index (κ1) is 85.1. The van der Waals surface area contributed by atoms with Crippen LogP contribution in [0.25, 0.3) is 253 Å². The molecule has 7 aromatic heterocycles. The molecule has 0 fully saturated rings. The van der Waals surface area contributed by atoms with Gasteiger partial charge in [0.2, 0.25) is 0 Å². The summed E-state index contributed by atoms with van der Waals surface area (Å²) >= 11 is 0. The Bertz CT molecular complexity index is 9320. The van der Waals surface area contributed by atoms with Gasteiger partial charge in [-0.2, -0.15) is 0 Å². The van der Waals surface area contributed by atoms with Crippen LogP contribution in [-0.2, 0) is 5.41 Å². The Morgan fingerprint density at radius 2 is 0.403 bits per heavy atom. The number of hydrogen-bond acceptors (Lipinski definition) is 12. The van der Waals surface area contributed by atoms with Gasteiger partial charge in [-0.15, -0.1) is 0 Å². The maximum absolute atomic E-state index is 5.52. The van der Waals surface area contributed by atoms with Gasteiger partial charge >= 0.3 is 0 Å². The summed E-state index contributed by atoms with van der Waals surface area (Å²) in [6.45, 7) is 4.68. The van der Waals surface area contributed by atoms with Crippen molar-refractivity contribution < 1.29 is 0 Å². The smallest absolute Gasteiger partial charge is 0.166 e. The number of nitrogens with zero attached hydrogens (tertiary/aromatic N) is 15. The van der Waals surface area contributed by atoms with Crippen molar-refractivity contribution in [2.24, 2.45) is 0 Å². The standard InChI is InChI=1S/C66H42N8.C63H43N7/c1-6-22-43(23-7-1)49-32-16-17-35-52(49)65-70-63(46-28-12-4-13-29-46)71-66(72-65)55-40-47(64-68-61(44-24-8-2-9-25-44)67-62(69-64)45-26-10-3-11-27-45)38-39-58(55)74-57-37-21-19-34-51(57)54-41-59-53(42-60(54)74)50-33-18-20-36-56(50)73(59)48-30-14-5-15-31-48;1-63(2)52-29-17-15-27-47(52)49-39-56-50(38-53(49)63)48-28-16-18-30-54(48)70(56)55-36-35-46(37-51(55)62-68-58(43-23-11-5-12-24-43)65-59(69-62)44-25-13-6-14-26-44)61-66-57(42-21-9-4-10-22-42)64-60(67-61)45-33-31-41(32-34-45)40-19-7-3-8-20-40/h1-42H;3-39H,1-2H3. The Kier molecular flexibility index (Phi) is 21.2. The molecule has 7 heterocycles. The van der Waals surface area contributed by atoms with Crippen LogP contribution < -0.4 is 0 Å².